The van der Waals surface area contributed by atoms with Gasteiger partial charge < -0.3 is 14.8 Å². The Morgan fingerprint density at radius 2 is 1.93 bits per heavy atom. The monoisotopic (exact) mass is 415 g/mol. The zero-order valence-electron chi connectivity index (χ0n) is 15.9. The first-order valence-electron chi connectivity index (χ1n) is 8.93. The molecule has 3 aromatic rings. The molecule has 0 spiro atoms. The molecule has 2 heterocycles. The van der Waals surface area contributed by atoms with Gasteiger partial charge in [0.15, 0.2) is 0 Å². The maximum Gasteiger partial charge on any atom is 0.341 e. The summed E-state index contributed by atoms with van der Waals surface area (Å²) in [6.07, 6.45) is 0. The second-order valence-electron chi connectivity index (χ2n) is 5.85. The smallest absolute Gasteiger partial charge is 0.341 e. The molecule has 146 valence electrons. The number of benzene rings is 1. The van der Waals surface area contributed by atoms with E-state index in [1.165, 1.54) is 11.3 Å². The molecule has 2 aromatic heterocycles. The van der Waals surface area contributed by atoms with Crippen molar-refractivity contribution in [2.75, 3.05) is 18.5 Å². The van der Waals surface area contributed by atoms with Crippen LogP contribution in [0.3, 0.4) is 0 Å². The predicted octanol–water partition coefficient (Wildman–Crippen LogP) is 5.61. The third-order valence-electron chi connectivity index (χ3n) is 3.97. The third kappa shape index (κ3) is 4.26. The van der Waals surface area contributed by atoms with Gasteiger partial charge in [-0.05, 0) is 50.4 Å². The standard InChI is InChI=1S/C21H21NO4S2/c1-4-25-15-9-6-8-14(12-15)19(23)22-20-18(21(24)26-5-2)17(13(3)28-20)16-10-7-11-27-16/h6-12H,4-5H2,1-3H3,(H,22,23). The quantitative estimate of drug-likeness (QED) is 0.509. The summed E-state index contributed by atoms with van der Waals surface area (Å²) in [5, 5.41) is 5.34. The third-order valence-corrected chi connectivity index (χ3v) is 5.87. The van der Waals surface area contributed by atoms with Crippen molar-refractivity contribution in [1.29, 1.82) is 0 Å². The van der Waals surface area contributed by atoms with E-state index in [4.69, 9.17) is 9.47 Å². The number of nitrogens with one attached hydrogen (secondary N) is 1. The van der Waals surface area contributed by atoms with Crippen LogP contribution in [0.2, 0.25) is 0 Å². The zero-order chi connectivity index (χ0) is 20.1. The number of hydrogen-bond acceptors (Lipinski definition) is 6. The van der Waals surface area contributed by atoms with E-state index >= 15 is 0 Å². The van der Waals surface area contributed by atoms with Crippen LogP contribution in [0.1, 0.15) is 39.4 Å². The number of carbonyl (C=O) groups excluding carboxylic acids is 2. The Bertz CT molecular complexity index is 976. The number of ether oxygens (including phenoxy) is 2. The van der Waals surface area contributed by atoms with E-state index in [0.717, 1.165) is 15.3 Å². The highest BCUT2D eigenvalue weighted by molar-refractivity contribution is 7.18. The Kier molecular flexibility index (Phi) is 6.49. The topological polar surface area (TPSA) is 64.6 Å². The van der Waals surface area contributed by atoms with Crippen molar-refractivity contribution in [3.05, 3.63) is 57.8 Å². The first-order valence-corrected chi connectivity index (χ1v) is 10.6. The van der Waals surface area contributed by atoms with Gasteiger partial charge in [-0.3, -0.25) is 4.79 Å². The fraction of sp³-hybridized carbons (Fsp3) is 0.238. The van der Waals surface area contributed by atoms with Crippen molar-refractivity contribution in [2.24, 2.45) is 0 Å². The minimum Gasteiger partial charge on any atom is -0.494 e. The molecule has 1 aromatic carbocycles. The van der Waals surface area contributed by atoms with Crippen LogP contribution >= 0.6 is 22.7 Å². The lowest BCUT2D eigenvalue weighted by Gasteiger charge is -2.09. The number of carbonyl (C=O) groups is 2. The van der Waals surface area contributed by atoms with Crippen LogP contribution < -0.4 is 10.1 Å². The molecular formula is C21H21NO4S2. The van der Waals surface area contributed by atoms with Crippen molar-refractivity contribution in [2.45, 2.75) is 20.8 Å². The lowest BCUT2D eigenvalue weighted by molar-refractivity contribution is 0.0529. The van der Waals surface area contributed by atoms with Crippen LogP contribution in [0.25, 0.3) is 10.4 Å². The van der Waals surface area contributed by atoms with Gasteiger partial charge in [0, 0.05) is 20.9 Å². The molecule has 28 heavy (non-hydrogen) atoms. The van der Waals surface area contributed by atoms with Gasteiger partial charge in [0.25, 0.3) is 5.91 Å². The molecule has 0 fully saturated rings. The average Bonchev–Trinajstić information content (AvgIpc) is 3.30. The number of aryl methyl sites for hydroxylation is 1. The highest BCUT2D eigenvalue weighted by Gasteiger charge is 2.26. The van der Waals surface area contributed by atoms with E-state index in [2.05, 4.69) is 5.32 Å². The van der Waals surface area contributed by atoms with E-state index in [1.54, 1.807) is 42.5 Å². The van der Waals surface area contributed by atoms with Crippen molar-refractivity contribution in [1.82, 2.24) is 0 Å². The zero-order valence-corrected chi connectivity index (χ0v) is 17.5. The van der Waals surface area contributed by atoms with E-state index in [9.17, 15) is 9.59 Å². The number of hydrogen-bond donors (Lipinski definition) is 1. The molecule has 0 aliphatic heterocycles. The first kappa shape index (κ1) is 20.1. The Balaban J connectivity index is 1.97. The van der Waals surface area contributed by atoms with Gasteiger partial charge in [0.05, 0.1) is 13.2 Å². The molecule has 0 radical (unpaired) electrons. The highest BCUT2D eigenvalue weighted by atomic mass is 32.1. The minimum atomic E-state index is -0.436. The number of amides is 1. The van der Waals surface area contributed by atoms with Crippen molar-refractivity contribution < 1.29 is 19.1 Å². The summed E-state index contributed by atoms with van der Waals surface area (Å²) in [5.74, 6) is -0.109. The van der Waals surface area contributed by atoms with Crippen molar-refractivity contribution in [3.63, 3.8) is 0 Å². The van der Waals surface area contributed by atoms with E-state index in [0.29, 0.717) is 28.5 Å². The molecule has 1 amide bonds. The summed E-state index contributed by atoms with van der Waals surface area (Å²) in [6.45, 7) is 6.37. The summed E-state index contributed by atoms with van der Waals surface area (Å²) < 4.78 is 10.7. The van der Waals surface area contributed by atoms with E-state index in [-0.39, 0.29) is 12.5 Å². The Hall–Kier alpha value is -2.64. The Labute approximate surface area is 171 Å². The number of anilines is 1. The van der Waals surface area contributed by atoms with Crippen LogP contribution in [0.15, 0.2) is 41.8 Å². The van der Waals surface area contributed by atoms with E-state index < -0.39 is 5.97 Å². The lowest BCUT2D eigenvalue weighted by Crippen LogP contribution is -2.15. The molecule has 0 saturated heterocycles. The molecule has 3 rings (SSSR count). The van der Waals surface area contributed by atoms with Crippen LogP contribution in [-0.4, -0.2) is 25.1 Å². The summed E-state index contributed by atoms with van der Waals surface area (Å²) >= 11 is 2.92. The number of thiophene rings is 2. The molecule has 0 unspecified atom stereocenters. The summed E-state index contributed by atoms with van der Waals surface area (Å²) in [7, 11) is 0. The van der Waals surface area contributed by atoms with Gasteiger partial charge in [-0.15, -0.1) is 22.7 Å². The second kappa shape index (κ2) is 9.03. The van der Waals surface area contributed by atoms with Crippen LogP contribution in [0, 0.1) is 6.92 Å². The largest absolute Gasteiger partial charge is 0.494 e. The minimum absolute atomic E-state index is 0.265. The van der Waals surface area contributed by atoms with Crippen LogP contribution in [0.5, 0.6) is 5.75 Å². The molecule has 0 aliphatic rings. The number of rotatable bonds is 7. The van der Waals surface area contributed by atoms with Gasteiger partial charge >= 0.3 is 5.97 Å². The van der Waals surface area contributed by atoms with Crippen LogP contribution in [0.4, 0.5) is 5.00 Å². The fourth-order valence-corrected chi connectivity index (χ4v) is 4.77. The molecule has 7 heteroatoms. The Morgan fingerprint density at radius 3 is 2.61 bits per heavy atom. The molecule has 5 nitrogen and oxygen atoms in total. The van der Waals surface area contributed by atoms with Gasteiger partial charge in [0.1, 0.15) is 16.3 Å². The molecule has 1 N–H and O–H groups in total. The molecule has 0 bridgehead atoms. The maximum atomic E-state index is 12.8. The van der Waals surface area contributed by atoms with Gasteiger partial charge in [-0.25, -0.2) is 4.79 Å². The number of esters is 1. The molecule has 0 aliphatic carbocycles. The summed E-state index contributed by atoms with van der Waals surface area (Å²) in [5.41, 5.74) is 1.68. The molecular weight excluding hydrogens is 394 g/mol. The molecule has 0 atom stereocenters. The van der Waals surface area contributed by atoms with Crippen molar-refractivity contribution in [3.8, 4) is 16.2 Å². The van der Waals surface area contributed by atoms with Gasteiger partial charge in [-0.1, -0.05) is 12.1 Å². The van der Waals surface area contributed by atoms with Gasteiger partial charge in [-0.2, -0.15) is 0 Å². The maximum absolute atomic E-state index is 12.8. The average molecular weight is 416 g/mol. The van der Waals surface area contributed by atoms with Gasteiger partial charge in [0.2, 0.25) is 0 Å². The Morgan fingerprint density at radius 1 is 1.11 bits per heavy atom. The van der Waals surface area contributed by atoms with E-state index in [1.807, 2.05) is 31.4 Å². The first-order chi connectivity index (χ1) is 13.5. The fourth-order valence-electron chi connectivity index (χ4n) is 2.82. The SMILES string of the molecule is CCOC(=O)c1c(NC(=O)c2cccc(OCC)c2)sc(C)c1-c1cccs1. The second-order valence-corrected chi connectivity index (χ2v) is 8.02. The van der Waals surface area contributed by atoms with Crippen molar-refractivity contribution >= 4 is 39.6 Å². The predicted molar refractivity (Wildman–Crippen MR) is 114 cm³/mol. The van der Waals surface area contributed by atoms with Crippen LogP contribution in [-0.2, 0) is 4.74 Å². The lowest BCUT2D eigenvalue weighted by atomic mass is 10.1. The molecule has 0 saturated carbocycles. The summed E-state index contributed by atoms with van der Waals surface area (Å²) in [6, 6.07) is 10.9. The summed E-state index contributed by atoms with van der Waals surface area (Å²) in [4.78, 5) is 27.4. The highest BCUT2D eigenvalue weighted by Crippen LogP contribution is 2.42. The normalized spacial score (nSPS) is 10.5.